The Kier molecular flexibility index (Phi) is 5.10. The Morgan fingerprint density at radius 3 is 2.67 bits per heavy atom. The van der Waals surface area contributed by atoms with Gasteiger partial charge in [-0.15, -0.1) is 0 Å². The lowest BCUT2D eigenvalue weighted by molar-refractivity contribution is -0.126. The second kappa shape index (κ2) is 6.49. The van der Waals surface area contributed by atoms with Gasteiger partial charge >= 0.3 is 0 Å². The largest absolute Gasteiger partial charge is 0.355 e. The predicted octanol–water partition coefficient (Wildman–Crippen LogP) is 3.23. The number of hydrogen-bond donors (Lipinski definition) is 2. The van der Waals surface area contributed by atoms with Crippen LogP contribution in [-0.2, 0) is 10.2 Å². The van der Waals surface area contributed by atoms with E-state index < -0.39 is 5.41 Å². The second-order valence-corrected chi connectivity index (χ2v) is 7.79. The van der Waals surface area contributed by atoms with E-state index >= 15 is 0 Å². The quantitative estimate of drug-likeness (QED) is 0.873. The van der Waals surface area contributed by atoms with Crippen molar-refractivity contribution < 1.29 is 4.79 Å². The fraction of sp³-hybridized carbons (Fsp3) is 0.588. The first-order valence-corrected chi connectivity index (χ1v) is 8.38. The molecule has 3 nitrogen and oxygen atoms in total. The lowest BCUT2D eigenvalue weighted by Crippen LogP contribution is -2.47. The normalized spacial score (nSPS) is 18.3. The predicted molar refractivity (Wildman–Crippen MR) is 90.4 cm³/mol. The lowest BCUT2D eigenvalue weighted by Gasteiger charge is -2.35. The number of carbonyl (C=O) groups is 1. The van der Waals surface area contributed by atoms with Gasteiger partial charge in [-0.1, -0.05) is 35.0 Å². The SMILES string of the molecule is CC1(CNC(=O)C(C)(C)c2cccc(Br)c2)CCNCC1. The van der Waals surface area contributed by atoms with Crippen molar-refractivity contribution in [1.82, 2.24) is 10.6 Å². The van der Waals surface area contributed by atoms with Crippen molar-refractivity contribution >= 4 is 21.8 Å². The Morgan fingerprint density at radius 2 is 2.05 bits per heavy atom. The molecule has 0 unspecified atom stereocenters. The third-order valence-corrected chi connectivity index (χ3v) is 5.09. The van der Waals surface area contributed by atoms with Gasteiger partial charge in [-0.3, -0.25) is 4.79 Å². The average molecular weight is 353 g/mol. The van der Waals surface area contributed by atoms with E-state index in [2.05, 4.69) is 33.5 Å². The minimum atomic E-state index is -0.521. The summed E-state index contributed by atoms with van der Waals surface area (Å²) in [7, 11) is 0. The Hall–Kier alpha value is -0.870. The molecule has 1 saturated heterocycles. The highest BCUT2D eigenvalue weighted by atomic mass is 79.9. The van der Waals surface area contributed by atoms with E-state index in [9.17, 15) is 4.79 Å². The van der Waals surface area contributed by atoms with Crippen molar-refractivity contribution in [3.63, 3.8) is 0 Å². The van der Waals surface area contributed by atoms with Crippen LogP contribution < -0.4 is 10.6 Å². The van der Waals surface area contributed by atoms with E-state index in [0.29, 0.717) is 0 Å². The summed E-state index contributed by atoms with van der Waals surface area (Å²) < 4.78 is 1.01. The standard InChI is InChI=1S/C17H25BrN2O/c1-16(2,13-5-4-6-14(18)11-13)15(21)20-12-17(3)7-9-19-10-8-17/h4-6,11,19H,7-10,12H2,1-3H3,(H,20,21). The molecule has 0 bridgehead atoms. The van der Waals surface area contributed by atoms with Gasteiger partial charge in [0.2, 0.25) is 5.91 Å². The van der Waals surface area contributed by atoms with Crippen LogP contribution in [0.3, 0.4) is 0 Å². The summed E-state index contributed by atoms with van der Waals surface area (Å²) in [6, 6.07) is 7.98. The van der Waals surface area contributed by atoms with Gasteiger partial charge in [0.15, 0.2) is 0 Å². The number of benzene rings is 1. The van der Waals surface area contributed by atoms with E-state index in [1.165, 1.54) is 0 Å². The van der Waals surface area contributed by atoms with Gasteiger partial charge in [0, 0.05) is 11.0 Å². The lowest BCUT2D eigenvalue weighted by atomic mass is 9.79. The van der Waals surface area contributed by atoms with Gasteiger partial charge in [-0.2, -0.15) is 0 Å². The zero-order valence-electron chi connectivity index (χ0n) is 13.1. The van der Waals surface area contributed by atoms with Crippen molar-refractivity contribution in [3.05, 3.63) is 34.3 Å². The molecule has 4 heteroatoms. The molecule has 21 heavy (non-hydrogen) atoms. The highest BCUT2D eigenvalue weighted by Crippen LogP contribution is 2.29. The molecule has 1 aromatic rings. The molecule has 0 spiro atoms. The Morgan fingerprint density at radius 1 is 1.38 bits per heavy atom. The van der Waals surface area contributed by atoms with E-state index in [-0.39, 0.29) is 11.3 Å². The average Bonchev–Trinajstić information content (AvgIpc) is 2.45. The molecule has 2 N–H and O–H groups in total. The summed E-state index contributed by atoms with van der Waals surface area (Å²) in [5, 5.41) is 6.54. The molecule has 1 amide bonds. The first-order valence-electron chi connectivity index (χ1n) is 7.59. The molecule has 0 radical (unpaired) electrons. The molecule has 0 saturated carbocycles. The number of rotatable bonds is 4. The number of amides is 1. The Labute approximate surface area is 136 Å². The molecule has 116 valence electrons. The van der Waals surface area contributed by atoms with Gasteiger partial charge in [0.25, 0.3) is 0 Å². The first kappa shape index (κ1) is 16.5. The van der Waals surface area contributed by atoms with Crippen LogP contribution in [0.1, 0.15) is 39.2 Å². The van der Waals surface area contributed by atoms with Crippen LogP contribution in [-0.4, -0.2) is 25.5 Å². The zero-order valence-corrected chi connectivity index (χ0v) is 14.7. The number of hydrogen-bond acceptors (Lipinski definition) is 2. The van der Waals surface area contributed by atoms with Crippen LogP contribution >= 0.6 is 15.9 Å². The summed E-state index contributed by atoms with van der Waals surface area (Å²) >= 11 is 3.48. The molecular formula is C17H25BrN2O. The minimum absolute atomic E-state index is 0.0976. The zero-order chi connectivity index (χ0) is 15.5. The molecule has 1 aliphatic heterocycles. The van der Waals surface area contributed by atoms with Crippen LogP contribution in [0.5, 0.6) is 0 Å². The minimum Gasteiger partial charge on any atom is -0.355 e. The molecule has 1 fully saturated rings. The number of nitrogens with one attached hydrogen (secondary N) is 2. The maximum Gasteiger partial charge on any atom is 0.230 e. The molecule has 0 aromatic heterocycles. The number of carbonyl (C=O) groups excluding carboxylic acids is 1. The van der Waals surface area contributed by atoms with Crippen LogP contribution in [0.4, 0.5) is 0 Å². The van der Waals surface area contributed by atoms with Crippen LogP contribution in [0.15, 0.2) is 28.7 Å². The van der Waals surface area contributed by atoms with Gasteiger partial charge in [0.1, 0.15) is 0 Å². The fourth-order valence-corrected chi connectivity index (χ4v) is 3.13. The molecule has 2 rings (SSSR count). The van der Waals surface area contributed by atoms with Crippen molar-refractivity contribution in [2.75, 3.05) is 19.6 Å². The van der Waals surface area contributed by atoms with Crippen molar-refractivity contribution in [2.45, 2.75) is 39.0 Å². The van der Waals surface area contributed by atoms with E-state index in [0.717, 1.165) is 42.5 Å². The monoisotopic (exact) mass is 352 g/mol. The van der Waals surface area contributed by atoms with Gasteiger partial charge < -0.3 is 10.6 Å². The smallest absolute Gasteiger partial charge is 0.230 e. The van der Waals surface area contributed by atoms with Gasteiger partial charge in [0.05, 0.1) is 5.41 Å². The molecule has 1 aliphatic rings. The van der Waals surface area contributed by atoms with Crippen molar-refractivity contribution in [3.8, 4) is 0 Å². The van der Waals surface area contributed by atoms with Crippen LogP contribution in [0, 0.1) is 5.41 Å². The van der Waals surface area contributed by atoms with E-state index in [4.69, 9.17) is 0 Å². The summed E-state index contributed by atoms with van der Waals surface area (Å²) in [6.45, 7) is 9.07. The van der Waals surface area contributed by atoms with E-state index in [1.54, 1.807) is 0 Å². The van der Waals surface area contributed by atoms with Crippen LogP contribution in [0.2, 0.25) is 0 Å². The topological polar surface area (TPSA) is 41.1 Å². The number of halogens is 1. The Balaban J connectivity index is 2.01. The third kappa shape index (κ3) is 4.07. The van der Waals surface area contributed by atoms with Gasteiger partial charge in [-0.25, -0.2) is 0 Å². The fourth-order valence-electron chi connectivity index (χ4n) is 2.73. The summed E-state index contributed by atoms with van der Waals surface area (Å²) in [6.07, 6.45) is 2.23. The number of piperidine rings is 1. The molecular weight excluding hydrogens is 328 g/mol. The molecule has 0 atom stereocenters. The highest BCUT2D eigenvalue weighted by Gasteiger charge is 2.33. The van der Waals surface area contributed by atoms with Crippen molar-refractivity contribution in [2.24, 2.45) is 5.41 Å². The summed E-state index contributed by atoms with van der Waals surface area (Å²) in [4.78, 5) is 12.6. The summed E-state index contributed by atoms with van der Waals surface area (Å²) in [5.41, 5.74) is 0.728. The maximum absolute atomic E-state index is 12.6. The first-order chi connectivity index (χ1) is 9.83. The molecule has 0 aliphatic carbocycles. The molecule has 1 aromatic carbocycles. The Bertz CT molecular complexity index is 507. The second-order valence-electron chi connectivity index (χ2n) is 6.88. The third-order valence-electron chi connectivity index (χ3n) is 4.60. The van der Waals surface area contributed by atoms with Gasteiger partial charge in [-0.05, 0) is 62.9 Å². The maximum atomic E-state index is 12.6. The highest BCUT2D eigenvalue weighted by molar-refractivity contribution is 9.10. The summed E-state index contributed by atoms with van der Waals surface area (Å²) in [5.74, 6) is 0.0976. The van der Waals surface area contributed by atoms with Crippen LogP contribution in [0.25, 0.3) is 0 Å². The van der Waals surface area contributed by atoms with E-state index in [1.807, 2.05) is 38.1 Å². The molecule has 1 heterocycles. The van der Waals surface area contributed by atoms with Crippen molar-refractivity contribution in [1.29, 1.82) is 0 Å².